The second-order valence-electron chi connectivity index (χ2n) is 15.0. The lowest BCUT2D eigenvalue weighted by atomic mass is 9.43. The van der Waals surface area contributed by atoms with E-state index in [0.717, 1.165) is 55.4 Å². The topological polar surface area (TPSA) is 87.5 Å². The van der Waals surface area contributed by atoms with E-state index in [1.165, 1.54) is 32.6 Å². The van der Waals surface area contributed by atoms with Crippen LogP contribution in [-0.2, 0) is 25.5 Å². The van der Waals surface area contributed by atoms with Gasteiger partial charge in [0.15, 0.2) is 0 Å². The standard InChI is InChI=1S/C36H50N2O5/c1-21(11-14-33-37-30-9-7-8-10-31(30)38(33)22(2)39)27-12-13-28-34-29(16-18-36(27,28)6)35(5)17-15-26(42-23(3)40)19-25(35)20-32(34)43-24(4)41/h7-10,21,25-29,32,34H,11-20H2,1-6H3. The molecule has 1 aromatic carbocycles. The van der Waals surface area contributed by atoms with Gasteiger partial charge in [0, 0.05) is 33.1 Å². The zero-order valence-corrected chi connectivity index (χ0v) is 26.9. The Bertz CT molecular complexity index is 1400. The van der Waals surface area contributed by atoms with Crippen molar-refractivity contribution in [3.05, 3.63) is 30.1 Å². The molecule has 4 aliphatic carbocycles. The number of ether oxygens (including phenoxy) is 2. The third kappa shape index (κ3) is 5.22. The zero-order valence-electron chi connectivity index (χ0n) is 26.9. The summed E-state index contributed by atoms with van der Waals surface area (Å²) in [6, 6.07) is 7.91. The van der Waals surface area contributed by atoms with Gasteiger partial charge in [-0.3, -0.25) is 19.0 Å². The highest BCUT2D eigenvalue weighted by molar-refractivity contribution is 5.89. The van der Waals surface area contributed by atoms with Crippen molar-refractivity contribution in [2.45, 2.75) is 118 Å². The number of fused-ring (bicyclic) bond motifs is 6. The molecule has 7 nitrogen and oxygen atoms in total. The van der Waals surface area contributed by atoms with Crippen LogP contribution >= 0.6 is 0 Å². The molecule has 0 saturated heterocycles. The van der Waals surface area contributed by atoms with E-state index in [2.05, 4.69) is 20.8 Å². The molecule has 43 heavy (non-hydrogen) atoms. The molecule has 0 amide bonds. The molecule has 0 spiro atoms. The molecule has 4 saturated carbocycles. The summed E-state index contributed by atoms with van der Waals surface area (Å²) in [5.41, 5.74) is 2.17. The Morgan fingerprint density at radius 3 is 2.35 bits per heavy atom. The minimum atomic E-state index is -0.197. The van der Waals surface area contributed by atoms with Crippen LogP contribution in [0.2, 0.25) is 0 Å². The van der Waals surface area contributed by atoms with Crippen molar-refractivity contribution in [2.24, 2.45) is 46.3 Å². The quantitative estimate of drug-likeness (QED) is 0.326. The summed E-state index contributed by atoms with van der Waals surface area (Å²) in [4.78, 5) is 41.6. The Morgan fingerprint density at radius 1 is 0.930 bits per heavy atom. The molecule has 234 valence electrons. The van der Waals surface area contributed by atoms with Gasteiger partial charge in [0.25, 0.3) is 0 Å². The fourth-order valence-corrected chi connectivity index (χ4v) is 11.0. The Kier molecular flexibility index (Phi) is 8.00. The van der Waals surface area contributed by atoms with Gasteiger partial charge in [-0.1, -0.05) is 32.9 Å². The number of imidazole rings is 1. The normalized spacial score (nSPS) is 37.6. The zero-order chi connectivity index (χ0) is 30.7. The van der Waals surface area contributed by atoms with Crippen molar-refractivity contribution in [3.8, 4) is 0 Å². The van der Waals surface area contributed by atoms with Crippen LogP contribution in [-0.4, -0.2) is 39.6 Å². The molecule has 0 N–H and O–H groups in total. The van der Waals surface area contributed by atoms with E-state index in [4.69, 9.17) is 14.5 Å². The molecular formula is C36H50N2O5. The summed E-state index contributed by atoms with van der Waals surface area (Å²) in [7, 11) is 0. The lowest BCUT2D eigenvalue weighted by Crippen LogP contribution is -2.59. The Hall–Kier alpha value is -2.70. The number of para-hydroxylation sites is 2. The summed E-state index contributed by atoms with van der Waals surface area (Å²) in [6.07, 6.45) is 10.2. The summed E-state index contributed by atoms with van der Waals surface area (Å²) in [5, 5.41) is 0. The van der Waals surface area contributed by atoms with Crippen molar-refractivity contribution in [3.63, 3.8) is 0 Å². The van der Waals surface area contributed by atoms with E-state index in [-0.39, 0.29) is 40.9 Å². The van der Waals surface area contributed by atoms with Crippen LogP contribution in [0.5, 0.6) is 0 Å². The van der Waals surface area contributed by atoms with Gasteiger partial charge in [0.05, 0.1) is 11.0 Å². The molecule has 2 aromatic rings. The van der Waals surface area contributed by atoms with Crippen LogP contribution < -0.4 is 0 Å². The number of hydrogen-bond acceptors (Lipinski definition) is 6. The van der Waals surface area contributed by atoms with Crippen molar-refractivity contribution in [1.29, 1.82) is 0 Å². The van der Waals surface area contributed by atoms with E-state index in [0.29, 0.717) is 35.5 Å². The molecule has 0 aliphatic heterocycles. The van der Waals surface area contributed by atoms with E-state index < -0.39 is 0 Å². The molecule has 4 aliphatic rings. The molecule has 1 heterocycles. The smallest absolute Gasteiger partial charge is 0.302 e. The lowest BCUT2D eigenvalue weighted by molar-refractivity contribution is -0.197. The average Bonchev–Trinajstić information content (AvgIpc) is 3.49. The van der Waals surface area contributed by atoms with Crippen LogP contribution in [0.1, 0.15) is 110 Å². The fourth-order valence-electron chi connectivity index (χ4n) is 11.0. The highest BCUT2D eigenvalue weighted by Crippen LogP contribution is 2.68. The Balaban J connectivity index is 1.22. The number of carbonyl (C=O) groups excluding carboxylic acids is 3. The van der Waals surface area contributed by atoms with Gasteiger partial charge in [0.1, 0.15) is 18.0 Å². The second-order valence-corrected chi connectivity index (χ2v) is 15.0. The molecule has 4 fully saturated rings. The van der Waals surface area contributed by atoms with Gasteiger partial charge in [-0.15, -0.1) is 0 Å². The number of aromatic nitrogens is 2. The fraction of sp³-hybridized carbons (Fsp3) is 0.722. The van der Waals surface area contributed by atoms with Crippen LogP contribution in [0, 0.1) is 46.3 Å². The molecule has 7 heteroatoms. The van der Waals surface area contributed by atoms with E-state index in [9.17, 15) is 14.4 Å². The molecule has 6 rings (SSSR count). The average molecular weight is 591 g/mol. The lowest BCUT2D eigenvalue weighted by Gasteiger charge is -2.62. The second kappa shape index (κ2) is 11.3. The molecule has 10 atom stereocenters. The van der Waals surface area contributed by atoms with Crippen molar-refractivity contribution >= 4 is 28.9 Å². The minimum Gasteiger partial charge on any atom is -0.463 e. The predicted molar refractivity (Wildman–Crippen MR) is 165 cm³/mol. The molecular weight excluding hydrogens is 540 g/mol. The van der Waals surface area contributed by atoms with Crippen molar-refractivity contribution < 1.29 is 23.9 Å². The number of hydrogen-bond donors (Lipinski definition) is 0. The van der Waals surface area contributed by atoms with E-state index in [1.807, 2.05) is 24.3 Å². The van der Waals surface area contributed by atoms with E-state index in [1.54, 1.807) is 18.4 Å². The number of benzene rings is 1. The summed E-state index contributed by atoms with van der Waals surface area (Å²) in [6.45, 7) is 12.1. The monoisotopic (exact) mass is 590 g/mol. The first-order chi connectivity index (χ1) is 20.4. The summed E-state index contributed by atoms with van der Waals surface area (Å²) < 4.78 is 13.7. The summed E-state index contributed by atoms with van der Waals surface area (Å²) >= 11 is 0. The number of rotatable bonds is 6. The molecule has 10 unspecified atom stereocenters. The van der Waals surface area contributed by atoms with Crippen LogP contribution in [0.25, 0.3) is 11.0 Å². The third-order valence-corrected chi connectivity index (χ3v) is 12.8. The van der Waals surface area contributed by atoms with Gasteiger partial charge in [-0.05, 0) is 110 Å². The molecule has 1 aromatic heterocycles. The SMILES string of the molecule is CC(=O)OC1CCC2(C)C(C1)CC(OC(C)=O)C1C2CCC2(C)C(C(C)CCc3nc4ccccc4n3C(C)=O)CCC12. The number of esters is 2. The maximum atomic E-state index is 12.6. The van der Waals surface area contributed by atoms with Gasteiger partial charge in [-0.25, -0.2) is 4.98 Å². The van der Waals surface area contributed by atoms with Gasteiger partial charge in [0.2, 0.25) is 5.91 Å². The van der Waals surface area contributed by atoms with E-state index >= 15 is 0 Å². The first-order valence-electron chi connectivity index (χ1n) is 16.7. The van der Waals surface area contributed by atoms with Crippen LogP contribution in [0.4, 0.5) is 0 Å². The van der Waals surface area contributed by atoms with Crippen molar-refractivity contribution in [1.82, 2.24) is 9.55 Å². The highest BCUT2D eigenvalue weighted by Gasteiger charge is 2.64. The van der Waals surface area contributed by atoms with Gasteiger partial charge < -0.3 is 9.47 Å². The van der Waals surface area contributed by atoms with Crippen molar-refractivity contribution in [2.75, 3.05) is 0 Å². The minimum absolute atomic E-state index is 0.0186. The number of nitrogens with zero attached hydrogens (tertiary/aromatic N) is 2. The first-order valence-corrected chi connectivity index (χ1v) is 16.7. The number of carbonyl (C=O) groups is 3. The maximum Gasteiger partial charge on any atom is 0.302 e. The predicted octanol–water partition coefficient (Wildman–Crippen LogP) is 7.40. The highest BCUT2D eigenvalue weighted by atomic mass is 16.5. The van der Waals surface area contributed by atoms with Gasteiger partial charge in [-0.2, -0.15) is 0 Å². The largest absolute Gasteiger partial charge is 0.463 e. The third-order valence-electron chi connectivity index (χ3n) is 12.8. The summed E-state index contributed by atoms with van der Waals surface area (Å²) in [5.74, 6) is 3.46. The number of aryl methyl sites for hydroxylation is 1. The van der Waals surface area contributed by atoms with Gasteiger partial charge >= 0.3 is 11.9 Å². The first kappa shape index (κ1) is 30.3. The molecule has 0 radical (unpaired) electrons. The van der Waals surface area contributed by atoms with Crippen LogP contribution in [0.3, 0.4) is 0 Å². The Morgan fingerprint density at radius 2 is 1.63 bits per heavy atom. The molecule has 0 bridgehead atoms. The Labute approximate surface area is 256 Å². The maximum absolute atomic E-state index is 12.6. The van der Waals surface area contributed by atoms with Crippen LogP contribution in [0.15, 0.2) is 24.3 Å².